The van der Waals surface area contributed by atoms with Gasteiger partial charge in [0.05, 0.1) is 17.7 Å². The third kappa shape index (κ3) is 3.44. The summed E-state index contributed by atoms with van der Waals surface area (Å²) in [7, 11) is 0. The largest absolute Gasteiger partial charge is 0.342 e. The summed E-state index contributed by atoms with van der Waals surface area (Å²) >= 11 is 0. The molecule has 6 nitrogen and oxygen atoms in total. The number of amides is 2. The lowest BCUT2D eigenvalue weighted by Crippen LogP contribution is -2.44. The maximum Gasteiger partial charge on any atom is 0.228 e. The zero-order chi connectivity index (χ0) is 17.6. The van der Waals surface area contributed by atoms with Gasteiger partial charge in [-0.15, -0.1) is 0 Å². The third-order valence-electron chi connectivity index (χ3n) is 5.84. The molecule has 0 unspecified atom stereocenters. The molecular formula is C19H28N4O2. The number of hydrogen-bond acceptors (Lipinski definition) is 3. The molecule has 4 rings (SSSR count). The summed E-state index contributed by atoms with van der Waals surface area (Å²) in [6.45, 7) is 7.09. The van der Waals surface area contributed by atoms with Gasteiger partial charge in [0.25, 0.3) is 0 Å². The van der Waals surface area contributed by atoms with Crippen LogP contribution in [0.15, 0.2) is 6.07 Å². The Morgan fingerprint density at radius 1 is 1.24 bits per heavy atom. The molecule has 0 spiro atoms. The van der Waals surface area contributed by atoms with Gasteiger partial charge in [-0.25, -0.2) is 0 Å². The van der Waals surface area contributed by atoms with Crippen molar-refractivity contribution in [2.75, 3.05) is 26.2 Å². The van der Waals surface area contributed by atoms with Crippen molar-refractivity contribution in [2.24, 2.45) is 11.8 Å². The molecule has 1 saturated carbocycles. The molecule has 3 fully saturated rings. The van der Waals surface area contributed by atoms with Crippen LogP contribution >= 0.6 is 0 Å². The maximum absolute atomic E-state index is 13.0. The molecule has 136 valence electrons. The average molecular weight is 344 g/mol. The molecule has 1 aromatic heterocycles. The fourth-order valence-electron chi connectivity index (χ4n) is 4.35. The minimum absolute atomic E-state index is 0.148. The number of rotatable bonds is 4. The molecule has 2 amide bonds. The van der Waals surface area contributed by atoms with E-state index in [9.17, 15) is 9.59 Å². The Balaban J connectivity index is 1.40. The molecule has 1 aliphatic carbocycles. The van der Waals surface area contributed by atoms with E-state index in [1.54, 1.807) is 0 Å². The summed E-state index contributed by atoms with van der Waals surface area (Å²) in [6, 6.07) is 2.35. The van der Waals surface area contributed by atoms with Crippen LogP contribution < -0.4 is 0 Å². The molecule has 0 aromatic carbocycles. The lowest BCUT2D eigenvalue weighted by molar-refractivity contribution is -0.137. The van der Waals surface area contributed by atoms with Crippen molar-refractivity contribution in [3.63, 3.8) is 0 Å². The zero-order valence-electron chi connectivity index (χ0n) is 15.3. The van der Waals surface area contributed by atoms with Gasteiger partial charge in [-0.1, -0.05) is 0 Å². The highest BCUT2D eigenvalue weighted by atomic mass is 16.2. The van der Waals surface area contributed by atoms with Crippen LogP contribution in [-0.4, -0.2) is 57.6 Å². The van der Waals surface area contributed by atoms with E-state index in [0.29, 0.717) is 25.4 Å². The molecule has 3 heterocycles. The second-order valence-corrected chi connectivity index (χ2v) is 8.10. The van der Waals surface area contributed by atoms with Crippen LogP contribution in [0.25, 0.3) is 0 Å². The highest BCUT2D eigenvalue weighted by Gasteiger charge is 2.39. The zero-order valence-corrected chi connectivity index (χ0v) is 15.3. The van der Waals surface area contributed by atoms with Crippen LogP contribution in [0.3, 0.4) is 0 Å². The Labute approximate surface area is 149 Å². The standard InChI is InChI=1S/C19H28N4O2/c1-13-8-14(2)23(20-13)17-4-3-7-21(12-17)19(25)16-9-18(24)22(11-16)10-15-5-6-15/h8,15-17H,3-7,9-12H2,1-2H3/t16-,17-/m1/s1. The van der Waals surface area contributed by atoms with Crippen LogP contribution in [0.5, 0.6) is 0 Å². The number of nitrogens with zero attached hydrogens (tertiary/aromatic N) is 4. The van der Waals surface area contributed by atoms with Crippen LogP contribution in [0.2, 0.25) is 0 Å². The second-order valence-electron chi connectivity index (χ2n) is 8.10. The molecule has 2 saturated heterocycles. The van der Waals surface area contributed by atoms with E-state index < -0.39 is 0 Å². The topological polar surface area (TPSA) is 58.4 Å². The Bertz CT molecular complexity index is 679. The first-order valence-corrected chi connectivity index (χ1v) is 9.60. The summed E-state index contributed by atoms with van der Waals surface area (Å²) in [6.07, 6.45) is 4.93. The molecule has 25 heavy (non-hydrogen) atoms. The highest BCUT2D eigenvalue weighted by molar-refractivity contribution is 5.89. The van der Waals surface area contributed by atoms with Gasteiger partial charge >= 0.3 is 0 Å². The first-order valence-electron chi connectivity index (χ1n) is 9.60. The Morgan fingerprint density at radius 3 is 2.72 bits per heavy atom. The van der Waals surface area contributed by atoms with Gasteiger partial charge in [-0.2, -0.15) is 5.10 Å². The second kappa shape index (κ2) is 6.46. The fraction of sp³-hybridized carbons (Fsp3) is 0.737. The highest BCUT2D eigenvalue weighted by Crippen LogP contribution is 2.33. The molecule has 2 aliphatic heterocycles. The van der Waals surface area contributed by atoms with Crippen molar-refractivity contribution in [3.05, 3.63) is 17.5 Å². The predicted octanol–water partition coefficient (Wildman–Crippen LogP) is 1.92. The number of piperidine rings is 1. The predicted molar refractivity (Wildman–Crippen MR) is 94.0 cm³/mol. The molecule has 6 heteroatoms. The normalized spacial score (nSPS) is 27.2. The van der Waals surface area contributed by atoms with Gasteiger partial charge in [-0.3, -0.25) is 14.3 Å². The average Bonchev–Trinajstić information content (AvgIpc) is 3.24. The molecule has 0 radical (unpaired) electrons. The van der Waals surface area contributed by atoms with E-state index in [2.05, 4.69) is 22.8 Å². The minimum Gasteiger partial charge on any atom is -0.342 e. The lowest BCUT2D eigenvalue weighted by Gasteiger charge is -2.34. The maximum atomic E-state index is 13.0. The summed E-state index contributed by atoms with van der Waals surface area (Å²) < 4.78 is 2.08. The van der Waals surface area contributed by atoms with Gasteiger partial charge in [0, 0.05) is 38.3 Å². The summed E-state index contributed by atoms with van der Waals surface area (Å²) in [5, 5.41) is 4.61. The van der Waals surface area contributed by atoms with Crippen LogP contribution in [0, 0.1) is 25.7 Å². The van der Waals surface area contributed by atoms with E-state index in [-0.39, 0.29) is 23.8 Å². The number of likely N-dealkylation sites (tertiary alicyclic amines) is 2. The van der Waals surface area contributed by atoms with Crippen molar-refractivity contribution in [1.29, 1.82) is 0 Å². The van der Waals surface area contributed by atoms with E-state index in [1.165, 1.54) is 12.8 Å². The summed E-state index contributed by atoms with van der Waals surface area (Å²) in [5.74, 6) is 0.865. The van der Waals surface area contributed by atoms with E-state index >= 15 is 0 Å². The molecular weight excluding hydrogens is 316 g/mol. The van der Waals surface area contributed by atoms with Gasteiger partial charge in [0.2, 0.25) is 11.8 Å². The quantitative estimate of drug-likeness (QED) is 0.838. The van der Waals surface area contributed by atoms with Gasteiger partial charge in [-0.05, 0) is 51.5 Å². The minimum atomic E-state index is -0.148. The number of aromatic nitrogens is 2. The van der Waals surface area contributed by atoms with Gasteiger partial charge in [0.15, 0.2) is 0 Å². The van der Waals surface area contributed by atoms with E-state index in [1.807, 2.05) is 16.7 Å². The first-order chi connectivity index (χ1) is 12.0. The van der Waals surface area contributed by atoms with Crippen LogP contribution in [0.4, 0.5) is 0 Å². The van der Waals surface area contributed by atoms with Crippen molar-refractivity contribution in [3.8, 4) is 0 Å². The van der Waals surface area contributed by atoms with Crippen molar-refractivity contribution in [2.45, 2.75) is 52.0 Å². The Hall–Kier alpha value is -1.85. The van der Waals surface area contributed by atoms with Crippen molar-refractivity contribution in [1.82, 2.24) is 19.6 Å². The smallest absolute Gasteiger partial charge is 0.228 e. The van der Waals surface area contributed by atoms with Crippen molar-refractivity contribution >= 4 is 11.8 Å². The molecule has 0 bridgehead atoms. The number of carbonyl (C=O) groups is 2. The van der Waals surface area contributed by atoms with E-state index in [4.69, 9.17) is 0 Å². The first kappa shape index (κ1) is 16.6. The Kier molecular flexibility index (Phi) is 4.29. The Morgan fingerprint density at radius 2 is 2.04 bits per heavy atom. The monoisotopic (exact) mass is 344 g/mol. The number of aryl methyl sites for hydroxylation is 2. The molecule has 3 aliphatic rings. The molecule has 2 atom stereocenters. The van der Waals surface area contributed by atoms with Gasteiger partial charge < -0.3 is 9.80 Å². The fourth-order valence-corrected chi connectivity index (χ4v) is 4.35. The van der Waals surface area contributed by atoms with Gasteiger partial charge in [0.1, 0.15) is 0 Å². The van der Waals surface area contributed by atoms with Crippen LogP contribution in [-0.2, 0) is 9.59 Å². The summed E-state index contributed by atoms with van der Waals surface area (Å²) in [4.78, 5) is 29.1. The SMILES string of the molecule is Cc1cc(C)n([C@@H]2CCCN(C(=O)[C@@H]3CC(=O)N(CC4CC4)C3)C2)n1. The van der Waals surface area contributed by atoms with Crippen LogP contribution in [0.1, 0.15) is 49.5 Å². The van der Waals surface area contributed by atoms with Crippen molar-refractivity contribution < 1.29 is 9.59 Å². The number of hydrogen-bond donors (Lipinski definition) is 0. The number of carbonyl (C=O) groups excluding carboxylic acids is 2. The lowest BCUT2D eigenvalue weighted by atomic mass is 10.0. The summed E-state index contributed by atoms with van der Waals surface area (Å²) in [5.41, 5.74) is 2.18. The molecule has 1 aromatic rings. The molecule has 0 N–H and O–H groups in total. The van der Waals surface area contributed by atoms with E-state index in [0.717, 1.165) is 37.3 Å². The third-order valence-corrected chi connectivity index (χ3v) is 5.84.